The summed E-state index contributed by atoms with van der Waals surface area (Å²) in [6.07, 6.45) is -2.90. The highest BCUT2D eigenvalue weighted by Crippen LogP contribution is 2.31. The van der Waals surface area contributed by atoms with Crippen LogP contribution in [0.1, 0.15) is 21.5 Å². The lowest BCUT2D eigenvalue weighted by atomic mass is 10.1. The zero-order valence-electron chi connectivity index (χ0n) is 22.7. The molecule has 0 saturated heterocycles. The molecule has 9 nitrogen and oxygen atoms in total. The third-order valence-corrected chi connectivity index (χ3v) is 6.08. The van der Waals surface area contributed by atoms with Gasteiger partial charge < -0.3 is 25.8 Å². The number of anilines is 6. The van der Waals surface area contributed by atoms with Gasteiger partial charge >= 0.3 is 12.2 Å². The van der Waals surface area contributed by atoms with E-state index in [9.17, 15) is 22.8 Å². The van der Waals surface area contributed by atoms with Crippen LogP contribution in [0.15, 0.2) is 79.0 Å². The van der Waals surface area contributed by atoms with Gasteiger partial charge in [-0.05, 0) is 73.2 Å². The second-order valence-electron chi connectivity index (χ2n) is 9.36. The fraction of sp³-hybridized carbons (Fsp3) is 0.172. The second-order valence-corrected chi connectivity index (χ2v) is 9.36. The van der Waals surface area contributed by atoms with E-state index in [-0.39, 0.29) is 11.6 Å². The molecular formula is C29H28F3N7O2. The Kier molecular flexibility index (Phi) is 8.41. The minimum atomic E-state index is -4.51. The van der Waals surface area contributed by atoms with Gasteiger partial charge in [0, 0.05) is 55.7 Å². The number of nitrogens with zero attached hydrogens (tertiary/aromatic N) is 4. The molecule has 0 aliphatic heterocycles. The van der Waals surface area contributed by atoms with Crippen molar-refractivity contribution in [3.05, 3.63) is 95.7 Å². The Hall–Kier alpha value is -5.13. The number of alkyl halides is 3. The van der Waals surface area contributed by atoms with Crippen LogP contribution in [-0.4, -0.2) is 47.9 Å². The molecule has 4 rings (SSSR count). The number of benzene rings is 3. The van der Waals surface area contributed by atoms with E-state index >= 15 is 0 Å². The maximum atomic E-state index is 12.9. The van der Waals surface area contributed by atoms with Crippen LogP contribution >= 0.6 is 0 Å². The van der Waals surface area contributed by atoms with E-state index in [4.69, 9.17) is 0 Å². The van der Waals surface area contributed by atoms with Crippen molar-refractivity contribution in [3.8, 4) is 0 Å². The number of hydrogen-bond acceptors (Lipinski definition) is 6. The summed E-state index contributed by atoms with van der Waals surface area (Å²) >= 11 is 0. The average molecular weight is 564 g/mol. The van der Waals surface area contributed by atoms with Gasteiger partial charge in [-0.2, -0.15) is 18.2 Å². The Morgan fingerprint density at radius 1 is 0.829 bits per heavy atom. The van der Waals surface area contributed by atoms with E-state index < -0.39 is 17.8 Å². The normalized spacial score (nSPS) is 11.0. The maximum Gasteiger partial charge on any atom is 0.416 e. The third-order valence-electron chi connectivity index (χ3n) is 6.08. The van der Waals surface area contributed by atoms with E-state index in [0.717, 1.165) is 23.4 Å². The summed E-state index contributed by atoms with van der Waals surface area (Å²) in [5.41, 5.74) is 2.47. The van der Waals surface area contributed by atoms with Gasteiger partial charge in [0.05, 0.1) is 5.56 Å². The molecule has 4 aromatic rings. The van der Waals surface area contributed by atoms with Crippen molar-refractivity contribution in [1.82, 2.24) is 14.9 Å². The number of rotatable bonds is 7. The van der Waals surface area contributed by atoms with E-state index in [1.165, 1.54) is 17.0 Å². The van der Waals surface area contributed by atoms with E-state index in [0.29, 0.717) is 28.7 Å². The molecule has 41 heavy (non-hydrogen) atoms. The molecule has 0 spiro atoms. The number of aromatic nitrogens is 2. The Morgan fingerprint density at radius 3 is 2.20 bits per heavy atom. The number of carbonyl (C=O) groups is 2. The molecule has 3 aromatic carbocycles. The fourth-order valence-electron chi connectivity index (χ4n) is 3.86. The first-order chi connectivity index (χ1) is 19.4. The first-order valence-corrected chi connectivity index (χ1v) is 12.4. The topological polar surface area (TPSA) is 102 Å². The predicted molar refractivity (Wildman–Crippen MR) is 153 cm³/mol. The highest BCUT2D eigenvalue weighted by Gasteiger charge is 2.30. The van der Waals surface area contributed by atoms with Crippen LogP contribution in [0.4, 0.5) is 52.5 Å². The molecule has 3 N–H and O–H groups in total. The van der Waals surface area contributed by atoms with Crippen molar-refractivity contribution in [2.24, 2.45) is 0 Å². The Labute approximate surface area is 235 Å². The molecule has 12 heteroatoms. The number of carbonyl (C=O) groups excluding carboxylic acids is 2. The zero-order chi connectivity index (χ0) is 29.7. The molecule has 0 atom stereocenters. The van der Waals surface area contributed by atoms with Crippen molar-refractivity contribution < 1.29 is 22.8 Å². The van der Waals surface area contributed by atoms with Crippen LogP contribution in [0.5, 0.6) is 0 Å². The Bertz CT molecular complexity index is 1560. The van der Waals surface area contributed by atoms with Crippen molar-refractivity contribution >= 4 is 46.5 Å². The van der Waals surface area contributed by atoms with Gasteiger partial charge in [-0.1, -0.05) is 12.1 Å². The summed E-state index contributed by atoms with van der Waals surface area (Å²) in [7, 11) is 5.21. The number of halogens is 3. The largest absolute Gasteiger partial charge is 0.416 e. The van der Waals surface area contributed by atoms with Crippen molar-refractivity contribution in [2.75, 3.05) is 42.0 Å². The number of aryl methyl sites for hydroxylation is 1. The molecule has 0 radical (unpaired) electrons. The standard InChI is InChI=1S/C29H28F3N7O2/c1-18-8-9-22(17-24(18)26(40)38(2)3)34-27-33-15-14-25(37-27)39(4)23-12-10-20(11-13-23)35-28(41)36-21-7-5-6-19(16-21)29(30,31)32/h5-17H,1-4H3,(H,33,34,37)(H2,35,36,41). The van der Waals surface area contributed by atoms with Gasteiger partial charge in [0.2, 0.25) is 5.95 Å². The molecule has 0 aliphatic rings. The number of amides is 3. The quantitative estimate of drug-likeness (QED) is 0.232. The van der Waals surface area contributed by atoms with Crippen LogP contribution in [-0.2, 0) is 6.18 Å². The molecule has 0 bridgehead atoms. The summed E-state index contributed by atoms with van der Waals surface area (Å²) in [6, 6.07) is 17.7. The Balaban J connectivity index is 1.41. The molecule has 0 saturated carbocycles. The van der Waals surface area contributed by atoms with E-state index in [2.05, 4.69) is 25.9 Å². The van der Waals surface area contributed by atoms with Gasteiger partial charge in [0.1, 0.15) is 5.82 Å². The zero-order valence-corrected chi connectivity index (χ0v) is 22.7. The van der Waals surface area contributed by atoms with Crippen molar-refractivity contribution in [2.45, 2.75) is 13.1 Å². The molecule has 0 aliphatic carbocycles. The van der Waals surface area contributed by atoms with E-state index in [1.54, 1.807) is 56.7 Å². The van der Waals surface area contributed by atoms with E-state index in [1.807, 2.05) is 31.0 Å². The maximum absolute atomic E-state index is 12.9. The monoisotopic (exact) mass is 563 g/mol. The Morgan fingerprint density at radius 2 is 1.51 bits per heavy atom. The van der Waals surface area contributed by atoms with Gasteiger partial charge in [-0.15, -0.1) is 0 Å². The van der Waals surface area contributed by atoms with Crippen LogP contribution in [0, 0.1) is 6.92 Å². The first kappa shape index (κ1) is 28.9. The lowest BCUT2D eigenvalue weighted by Gasteiger charge is -2.19. The number of hydrogen-bond donors (Lipinski definition) is 3. The minimum Gasteiger partial charge on any atom is -0.345 e. The molecular weight excluding hydrogens is 535 g/mol. The van der Waals surface area contributed by atoms with Gasteiger partial charge in [-0.25, -0.2) is 9.78 Å². The smallest absolute Gasteiger partial charge is 0.345 e. The highest BCUT2D eigenvalue weighted by molar-refractivity contribution is 6.00. The molecule has 1 heterocycles. The molecule has 212 valence electrons. The summed E-state index contributed by atoms with van der Waals surface area (Å²) in [4.78, 5) is 37.0. The molecule has 0 unspecified atom stereocenters. The number of nitrogens with one attached hydrogen (secondary N) is 3. The van der Waals surface area contributed by atoms with Crippen LogP contribution in [0.3, 0.4) is 0 Å². The summed E-state index contributed by atoms with van der Waals surface area (Å²) < 4.78 is 38.8. The summed E-state index contributed by atoms with van der Waals surface area (Å²) in [6.45, 7) is 1.87. The van der Waals surface area contributed by atoms with Gasteiger partial charge in [0.15, 0.2) is 0 Å². The lowest BCUT2D eigenvalue weighted by molar-refractivity contribution is -0.137. The third kappa shape index (κ3) is 7.29. The summed E-state index contributed by atoms with van der Waals surface area (Å²) in [5, 5.41) is 8.14. The summed E-state index contributed by atoms with van der Waals surface area (Å²) in [5.74, 6) is 0.819. The van der Waals surface area contributed by atoms with Gasteiger partial charge in [0.25, 0.3) is 5.91 Å². The van der Waals surface area contributed by atoms with Crippen molar-refractivity contribution in [3.63, 3.8) is 0 Å². The van der Waals surface area contributed by atoms with Gasteiger partial charge in [-0.3, -0.25) is 4.79 Å². The molecule has 3 amide bonds. The average Bonchev–Trinajstić information content (AvgIpc) is 2.93. The predicted octanol–water partition coefficient (Wildman–Crippen LogP) is 6.66. The minimum absolute atomic E-state index is 0.0213. The van der Waals surface area contributed by atoms with Crippen molar-refractivity contribution in [1.29, 1.82) is 0 Å². The van der Waals surface area contributed by atoms with Crippen LogP contribution in [0.25, 0.3) is 0 Å². The van der Waals surface area contributed by atoms with Crippen LogP contribution in [0.2, 0.25) is 0 Å². The lowest BCUT2D eigenvalue weighted by Crippen LogP contribution is -2.22. The first-order valence-electron chi connectivity index (χ1n) is 12.4. The second kappa shape index (κ2) is 11.9. The molecule has 0 fully saturated rings. The van der Waals surface area contributed by atoms with Crippen LogP contribution < -0.4 is 20.9 Å². The number of urea groups is 1. The SMILES string of the molecule is Cc1ccc(Nc2nccc(N(C)c3ccc(NC(=O)Nc4cccc(C(F)(F)F)c4)cc3)n2)cc1C(=O)N(C)C. The fourth-order valence-corrected chi connectivity index (χ4v) is 3.86. The highest BCUT2D eigenvalue weighted by atomic mass is 19.4. The molecule has 1 aromatic heterocycles.